The topological polar surface area (TPSA) is 58.0 Å². The molecule has 0 amide bonds. The van der Waals surface area contributed by atoms with Crippen LogP contribution in [0.15, 0.2) is 60.9 Å². The summed E-state index contributed by atoms with van der Waals surface area (Å²) in [4.78, 5) is 8.01. The maximum Gasteiger partial charge on any atom is 0.168 e. The first-order valence-electron chi connectivity index (χ1n) is 7.38. The van der Waals surface area contributed by atoms with Crippen LogP contribution in [-0.2, 0) is 0 Å². The van der Waals surface area contributed by atoms with Gasteiger partial charge in [-0.05, 0) is 17.7 Å². The lowest BCUT2D eigenvalue weighted by Crippen LogP contribution is -2.13. The van der Waals surface area contributed by atoms with Crippen LogP contribution in [0.2, 0.25) is 0 Å². The highest BCUT2D eigenvalue weighted by Crippen LogP contribution is 2.24. The molecule has 2 aromatic carbocycles. The normalized spacial score (nSPS) is 12.0. The van der Waals surface area contributed by atoms with Crippen molar-refractivity contribution in [2.24, 2.45) is 0 Å². The Bertz CT molecular complexity index is 828. The van der Waals surface area contributed by atoms with E-state index in [4.69, 9.17) is 0 Å². The van der Waals surface area contributed by atoms with E-state index in [1.807, 2.05) is 30.3 Å². The third kappa shape index (κ3) is 3.55. The lowest BCUT2D eigenvalue weighted by atomic mass is 10.1. The fourth-order valence-electron chi connectivity index (χ4n) is 2.30. The quantitative estimate of drug-likeness (QED) is 0.752. The number of hydrogen-bond donors (Lipinski definition) is 2. The number of aliphatic hydroxyl groups is 1. The third-order valence-electron chi connectivity index (χ3n) is 3.56. The molecule has 0 radical (unpaired) electrons. The summed E-state index contributed by atoms with van der Waals surface area (Å²) in [6.07, 6.45) is 0.548. The molecule has 6 heteroatoms. The number of nitrogens with zero attached hydrogens (tertiary/aromatic N) is 2. The summed E-state index contributed by atoms with van der Waals surface area (Å²) >= 11 is 0. The molecule has 4 nitrogen and oxygen atoms in total. The number of aromatic nitrogens is 2. The summed E-state index contributed by atoms with van der Waals surface area (Å²) in [5, 5.41) is 13.1. The van der Waals surface area contributed by atoms with E-state index in [-0.39, 0.29) is 17.8 Å². The van der Waals surface area contributed by atoms with Gasteiger partial charge in [-0.15, -0.1) is 0 Å². The number of hydrogen-bond acceptors (Lipinski definition) is 4. The second-order valence-corrected chi connectivity index (χ2v) is 5.20. The zero-order valence-corrected chi connectivity index (χ0v) is 12.7. The molecule has 3 rings (SSSR count). The van der Waals surface area contributed by atoms with Crippen LogP contribution in [0.4, 0.5) is 14.6 Å². The van der Waals surface area contributed by atoms with E-state index in [1.54, 1.807) is 0 Å². The molecule has 0 aliphatic carbocycles. The second kappa shape index (κ2) is 7.14. The molecular weight excluding hydrogens is 312 g/mol. The van der Waals surface area contributed by atoms with E-state index in [1.165, 1.54) is 24.5 Å². The van der Waals surface area contributed by atoms with Gasteiger partial charge >= 0.3 is 0 Å². The zero-order chi connectivity index (χ0) is 16.9. The van der Waals surface area contributed by atoms with Crippen LogP contribution < -0.4 is 5.32 Å². The molecule has 1 heterocycles. The van der Waals surface area contributed by atoms with Gasteiger partial charge in [0.25, 0.3) is 0 Å². The largest absolute Gasteiger partial charge is 0.387 e. The SMILES string of the molecule is O[C@@H](CNc1cc(-c2cccc(F)c2F)ncn1)c1ccccc1. The Morgan fingerprint density at radius 1 is 1.00 bits per heavy atom. The zero-order valence-electron chi connectivity index (χ0n) is 12.7. The molecule has 0 saturated heterocycles. The summed E-state index contributed by atoms with van der Waals surface area (Å²) in [6.45, 7) is 0.228. The minimum atomic E-state index is -0.952. The number of halogens is 2. The number of benzene rings is 2. The first kappa shape index (κ1) is 16.0. The van der Waals surface area contributed by atoms with Gasteiger partial charge in [-0.25, -0.2) is 18.7 Å². The average Bonchev–Trinajstić information content (AvgIpc) is 2.63. The maximum atomic E-state index is 13.9. The van der Waals surface area contributed by atoms with Crippen LogP contribution >= 0.6 is 0 Å². The molecule has 122 valence electrons. The number of nitrogens with one attached hydrogen (secondary N) is 1. The summed E-state index contributed by atoms with van der Waals surface area (Å²) in [5.41, 5.74) is 1.10. The van der Waals surface area contributed by atoms with Crippen LogP contribution in [-0.4, -0.2) is 21.6 Å². The maximum absolute atomic E-state index is 13.9. The Morgan fingerprint density at radius 3 is 2.58 bits per heavy atom. The monoisotopic (exact) mass is 327 g/mol. The van der Waals surface area contributed by atoms with E-state index in [0.717, 1.165) is 11.6 Å². The standard InChI is InChI=1S/C18H15F2N3O/c19-14-8-4-7-13(18(14)20)15-9-17(23-11-22-15)21-10-16(24)12-5-2-1-3-6-12/h1-9,11,16,24H,10H2,(H,21,22,23)/t16-/m0/s1. The summed E-state index contributed by atoms with van der Waals surface area (Å²) < 4.78 is 27.2. The fraction of sp³-hybridized carbons (Fsp3) is 0.111. The fourth-order valence-corrected chi connectivity index (χ4v) is 2.30. The van der Waals surface area contributed by atoms with Gasteiger partial charge in [0.1, 0.15) is 12.1 Å². The minimum Gasteiger partial charge on any atom is -0.387 e. The first-order valence-corrected chi connectivity index (χ1v) is 7.38. The molecule has 0 saturated carbocycles. The molecule has 0 unspecified atom stereocenters. The molecule has 0 fully saturated rings. The van der Waals surface area contributed by atoms with E-state index in [9.17, 15) is 13.9 Å². The van der Waals surface area contributed by atoms with Gasteiger partial charge in [0, 0.05) is 18.2 Å². The minimum absolute atomic E-state index is 0.0593. The number of aliphatic hydroxyl groups excluding tert-OH is 1. The van der Waals surface area contributed by atoms with Gasteiger partial charge in [-0.1, -0.05) is 36.4 Å². The van der Waals surface area contributed by atoms with Crippen LogP contribution in [0.3, 0.4) is 0 Å². The Labute approximate surface area is 137 Å². The van der Waals surface area contributed by atoms with Gasteiger partial charge in [-0.3, -0.25) is 0 Å². The highest BCUT2D eigenvalue weighted by Gasteiger charge is 2.12. The van der Waals surface area contributed by atoms with Gasteiger partial charge in [0.15, 0.2) is 11.6 Å². The number of rotatable bonds is 5. The molecular formula is C18H15F2N3O. The van der Waals surface area contributed by atoms with Crippen molar-refractivity contribution in [1.29, 1.82) is 0 Å². The summed E-state index contributed by atoms with van der Waals surface area (Å²) in [6, 6.07) is 14.6. The second-order valence-electron chi connectivity index (χ2n) is 5.20. The van der Waals surface area contributed by atoms with Gasteiger partial charge < -0.3 is 10.4 Å². The van der Waals surface area contributed by atoms with Crippen molar-refractivity contribution in [3.05, 3.63) is 78.1 Å². The van der Waals surface area contributed by atoms with Crippen molar-refractivity contribution >= 4 is 5.82 Å². The van der Waals surface area contributed by atoms with Gasteiger partial charge in [0.2, 0.25) is 0 Å². The van der Waals surface area contributed by atoms with E-state index >= 15 is 0 Å². The van der Waals surface area contributed by atoms with Gasteiger partial charge in [0.05, 0.1) is 11.8 Å². The van der Waals surface area contributed by atoms with Crippen LogP contribution in [0, 0.1) is 11.6 Å². The van der Waals surface area contributed by atoms with Gasteiger partial charge in [-0.2, -0.15) is 0 Å². The van der Waals surface area contributed by atoms with E-state index in [0.29, 0.717) is 5.82 Å². The lowest BCUT2D eigenvalue weighted by Gasteiger charge is -2.13. The van der Waals surface area contributed by atoms with Crippen LogP contribution in [0.1, 0.15) is 11.7 Å². The molecule has 3 aromatic rings. The highest BCUT2D eigenvalue weighted by molar-refractivity contribution is 5.62. The smallest absolute Gasteiger partial charge is 0.168 e. The van der Waals surface area contributed by atoms with Crippen LogP contribution in [0.5, 0.6) is 0 Å². The lowest BCUT2D eigenvalue weighted by molar-refractivity contribution is 0.191. The Hall–Kier alpha value is -2.86. The Morgan fingerprint density at radius 2 is 1.79 bits per heavy atom. The molecule has 24 heavy (non-hydrogen) atoms. The number of anilines is 1. The molecule has 0 aliphatic heterocycles. The molecule has 2 N–H and O–H groups in total. The van der Waals surface area contributed by atoms with Crippen molar-refractivity contribution in [1.82, 2.24) is 9.97 Å². The van der Waals surface area contributed by atoms with Crippen LogP contribution in [0.25, 0.3) is 11.3 Å². The predicted octanol–water partition coefficient (Wildman–Crippen LogP) is 3.57. The molecule has 1 aromatic heterocycles. The highest BCUT2D eigenvalue weighted by atomic mass is 19.2. The Kier molecular flexibility index (Phi) is 4.77. The first-order chi connectivity index (χ1) is 11.6. The van der Waals surface area contributed by atoms with Crippen molar-refractivity contribution in [3.63, 3.8) is 0 Å². The summed E-state index contributed by atoms with van der Waals surface area (Å²) in [5.74, 6) is -1.47. The third-order valence-corrected chi connectivity index (χ3v) is 3.56. The van der Waals surface area contributed by atoms with Crippen molar-refractivity contribution < 1.29 is 13.9 Å². The van der Waals surface area contributed by atoms with E-state index in [2.05, 4.69) is 15.3 Å². The summed E-state index contributed by atoms with van der Waals surface area (Å²) in [7, 11) is 0. The van der Waals surface area contributed by atoms with Crippen molar-refractivity contribution in [2.45, 2.75) is 6.10 Å². The molecule has 0 aliphatic rings. The van der Waals surface area contributed by atoms with Crippen molar-refractivity contribution in [3.8, 4) is 11.3 Å². The van der Waals surface area contributed by atoms with E-state index < -0.39 is 17.7 Å². The molecule has 0 spiro atoms. The Balaban J connectivity index is 1.75. The average molecular weight is 327 g/mol. The molecule has 0 bridgehead atoms. The molecule has 1 atom stereocenters. The van der Waals surface area contributed by atoms with Crippen molar-refractivity contribution in [2.75, 3.05) is 11.9 Å². The predicted molar refractivity (Wildman–Crippen MR) is 87.3 cm³/mol.